The van der Waals surface area contributed by atoms with Gasteiger partial charge < -0.3 is 10.6 Å². The molecule has 1 saturated heterocycles. The van der Waals surface area contributed by atoms with Crippen LogP contribution in [0.2, 0.25) is 0 Å². The van der Waals surface area contributed by atoms with E-state index < -0.39 is 0 Å². The number of para-hydroxylation sites is 1. The first-order chi connectivity index (χ1) is 10.9. The van der Waals surface area contributed by atoms with Crippen LogP contribution in [0.5, 0.6) is 0 Å². The molecule has 3 rings (SSSR count). The second kappa shape index (κ2) is 6.12. The van der Waals surface area contributed by atoms with Crippen LogP contribution in [0.1, 0.15) is 31.5 Å². The van der Waals surface area contributed by atoms with Crippen LogP contribution in [0.3, 0.4) is 0 Å². The van der Waals surface area contributed by atoms with Gasteiger partial charge in [-0.3, -0.25) is 10.1 Å². The molecule has 2 atom stereocenters. The van der Waals surface area contributed by atoms with E-state index in [2.05, 4.69) is 39.8 Å². The minimum atomic E-state index is -0.357. The van der Waals surface area contributed by atoms with Crippen molar-refractivity contribution in [3.8, 4) is 0 Å². The lowest BCUT2D eigenvalue weighted by atomic mass is 9.99. The number of carbonyl (C=O) groups excluding carboxylic acids is 1. The number of fused-ring (bicyclic) bond motifs is 1. The van der Waals surface area contributed by atoms with Gasteiger partial charge >= 0.3 is 0 Å². The molecule has 0 spiro atoms. The Kier molecular flexibility index (Phi) is 4.17. The zero-order chi connectivity index (χ0) is 16.6. The van der Waals surface area contributed by atoms with E-state index in [1.807, 2.05) is 32.0 Å². The molecule has 1 aromatic heterocycles. The fourth-order valence-corrected chi connectivity index (χ4v) is 2.88. The summed E-state index contributed by atoms with van der Waals surface area (Å²) in [5.41, 5.74) is 2.96. The molecule has 6 nitrogen and oxygen atoms in total. The SMILES string of the molecule is Cc1nc(NC2NC(=O)CC(C(C)C)N2)nc2c(C)cccc12. The second-order valence-electron chi connectivity index (χ2n) is 6.47. The standard InChI is InChI=1S/C17H23N5O/c1-9(2)13-8-14(23)20-17(19-13)22-16-18-11(4)12-7-5-6-10(3)15(12)21-16/h5-7,9,13,17,19H,8H2,1-4H3,(H,20,23)(H,18,21,22). The largest absolute Gasteiger partial charge is 0.323 e. The topological polar surface area (TPSA) is 78.9 Å². The van der Waals surface area contributed by atoms with Crippen LogP contribution in [0.4, 0.5) is 5.95 Å². The summed E-state index contributed by atoms with van der Waals surface area (Å²) in [5, 5.41) is 10.5. The first kappa shape index (κ1) is 15.7. The number of anilines is 1. The Morgan fingerprint density at radius 3 is 2.78 bits per heavy atom. The van der Waals surface area contributed by atoms with Crippen molar-refractivity contribution in [1.29, 1.82) is 0 Å². The van der Waals surface area contributed by atoms with Crippen LogP contribution < -0.4 is 16.0 Å². The molecule has 23 heavy (non-hydrogen) atoms. The van der Waals surface area contributed by atoms with Gasteiger partial charge in [0.25, 0.3) is 0 Å². The monoisotopic (exact) mass is 313 g/mol. The molecular weight excluding hydrogens is 290 g/mol. The number of benzene rings is 1. The van der Waals surface area contributed by atoms with Crippen molar-refractivity contribution in [2.75, 3.05) is 5.32 Å². The third kappa shape index (κ3) is 3.27. The van der Waals surface area contributed by atoms with Gasteiger partial charge in [0.05, 0.1) is 11.2 Å². The third-order valence-corrected chi connectivity index (χ3v) is 4.29. The Bertz CT molecular complexity index is 743. The molecule has 0 aliphatic carbocycles. The van der Waals surface area contributed by atoms with E-state index in [0.29, 0.717) is 18.3 Å². The minimum Gasteiger partial charge on any atom is -0.323 e. The Balaban J connectivity index is 1.86. The molecule has 122 valence electrons. The summed E-state index contributed by atoms with van der Waals surface area (Å²) in [6.45, 7) is 8.22. The predicted octanol–water partition coefficient (Wildman–Crippen LogP) is 2.08. The van der Waals surface area contributed by atoms with E-state index >= 15 is 0 Å². The van der Waals surface area contributed by atoms with E-state index in [4.69, 9.17) is 0 Å². The molecule has 2 heterocycles. The van der Waals surface area contributed by atoms with E-state index in [0.717, 1.165) is 22.2 Å². The lowest BCUT2D eigenvalue weighted by Gasteiger charge is -2.34. The van der Waals surface area contributed by atoms with Gasteiger partial charge in [0.1, 0.15) is 0 Å². The quantitative estimate of drug-likeness (QED) is 0.808. The summed E-state index contributed by atoms with van der Waals surface area (Å²) in [6, 6.07) is 6.21. The molecule has 1 aromatic carbocycles. The smallest absolute Gasteiger partial charge is 0.226 e. The highest BCUT2D eigenvalue weighted by molar-refractivity contribution is 5.84. The number of hydrogen-bond acceptors (Lipinski definition) is 5. The number of aromatic nitrogens is 2. The highest BCUT2D eigenvalue weighted by Crippen LogP contribution is 2.20. The van der Waals surface area contributed by atoms with Crippen molar-refractivity contribution in [1.82, 2.24) is 20.6 Å². The second-order valence-corrected chi connectivity index (χ2v) is 6.47. The zero-order valence-electron chi connectivity index (χ0n) is 14.0. The average molecular weight is 313 g/mol. The van der Waals surface area contributed by atoms with Gasteiger partial charge in [0, 0.05) is 17.8 Å². The average Bonchev–Trinajstić information content (AvgIpc) is 2.48. The fraction of sp³-hybridized carbons (Fsp3) is 0.471. The van der Waals surface area contributed by atoms with E-state index in [1.165, 1.54) is 0 Å². The lowest BCUT2D eigenvalue weighted by molar-refractivity contribution is -0.124. The van der Waals surface area contributed by atoms with Crippen molar-refractivity contribution in [2.24, 2.45) is 5.92 Å². The number of aryl methyl sites for hydroxylation is 2. The number of carbonyl (C=O) groups is 1. The maximum atomic E-state index is 11.9. The fourth-order valence-electron chi connectivity index (χ4n) is 2.88. The van der Waals surface area contributed by atoms with E-state index in [1.54, 1.807) is 0 Å². The summed E-state index contributed by atoms with van der Waals surface area (Å²) < 4.78 is 0. The number of nitrogens with zero attached hydrogens (tertiary/aromatic N) is 2. The highest BCUT2D eigenvalue weighted by atomic mass is 16.2. The first-order valence-corrected chi connectivity index (χ1v) is 8.00. The number of hydrogen-bond donors (Lipinski definition) is 3. The van der Waals surface area contributed by atoms with Crippen LogP contribution >= 0.6 is 0 Å². The molecular formula is C17H23N5O. The minimum absolute atomic E-state index is 0.0358. The molecule has 3 N–H and O–H groups in total. The van der Waals surface area contributed by atoms with Crippen molar-refractivity contribution < 1.29 is 4.79 Å². The van der Waals surface area contributed by atoms with Crippen LogP contribution in [0.15, 0.2) is 18.2 Å². The molecule has 2 unspecified atom stereocenters. The van der Waals surface area contributed by atoms with Gasteiger partial charge in [-0.1, -0.05) is 32.0 Å². The van der Waals surface area contributed by atoms with Gasteiger partial charge in [-0.15, -0.1) is 0 Å². The van der Waals surface area contributed by atoms with Gasteiger partial charge in [0.15, 0.2) is 6.29 Å². The van der Waals surface area contributed by atoms with Crippen molar-refractivity contribution in [3.05, 3.63) is 29.5 Å². The molecule has 1 aliphatic rings. The molecule has 2 aromatic rings. The molecule has 0 radical (unpaired) electrons. The van der Waals surface area contributed by atoms with Crippen LogP contribution in [0.25, 0.3) is 10.9 Å². The molecule has 6 heteroatoms. The van der Waals surface area contributed by atoms with Crippen LogP contribution in [-0.2, 0) is 4.79 Å². The van der Waals surface area contributed by atoms with Gasteiger partial charge in [0.2, 0.25) is 11.9 Å². The Labute approximate surface area is 136 Å². The third-order valence-electron chi connectivity index (χ3n) is 4.29. The van der Waals surface area contributed by atoms with Gasteiger partial charge in [-0.2, -0.15) is 0 Å². The molecule has 0 saturated carbocycles. The Hall–Kier alpha value is -2.21. The number of amides is 1. The van der Waals surface area contributed by atoms with Gasteiger partial charge in [-0.25, -0.2) is 9.97 Å². The van der Waals surface area contributed by atoms with Crippen LogP contribution in [-0.4, -0.2) is 28.2 Å². The molecule has 0 bridgehead atoms. The summed E-state index contributed by atoms with van der Waals surface area (Å²) in [5.74, 6) is 0.937. The van der Waals surface area contributed by atoms with Gasteiger partial charge in [-0.05, 0) is 25.3 Å². The normalized spacial score (nSPS) is 21.5. The number of rotatable bonds is 3. The summed E-state index contributed by atoms with van der Waals surface area (Å²) in [6.07, 6.45) is 0.136. The summed E-state index contributed by atoms with van der Waals surface area (Å²) in [4.78, 5) is 21.0. The Morgan fingerprint density at radius 2 is 2.04 bits per heavy atom. The predicted molar refractivity (Wildman–Crippen MR) is 90.9 cm³/mol. The maximum absolute atomic E-state index is 11.9. The highest BCUT2D eigenvalue weighted by Gasteiger charge is 2.28. The van der Waals surface area contributed by atoms with Crippen molar-refractivity contribution in [2.45, 2.75) is 46.4 Å². The van der Waals surface area contributed by atoms with Crippen LogP contribution in [0, 0.1) is 19.8 Å². The summed E-state index contributed by atoms with van der Waals surface area (Å²) in [7, 11) is 0. The molecule has 1 aliphatic heterocycles. The lowest BCUT2D eigenvalue weighted by Crippen LogP contribution is -2.61. The molecule has 1 amide bonds. The first-order valence-electron chi connectivity index (χ1n) is 8.00. The van der Waals surface area contributed by atoms with Crippen molar-refractivity contribution >= 4 is 22.8 Å². The molecule has 1 fully saturated rings. The maximum Gasteiger partial charge on any atom is 0.226 e. The van der Waals surface area contributed by atoms with Crippen molar-refractivity contribution in [3.63, 3.8) is 0 Å². The number of nitrogens with one attached hydrogen (secondary N) is 3. The Morgan fingerprint density at radius 1 is 1.26 bits per heavy atom. The summed E-state index contributed by atoms with van der Waals surface area (Å²) >= 11 is 0. The van der Waals surface area contributed by atoms with E-state index in [9.17, 15) is 4.79 Å². The zero-order valence-corrected chi connectivity index (χ0v) is 14.0. The van der Waals surface area contributed by atoms with E-state index in [-0.39, 0.29) is 18.2 Å².